The van der Waals surface area contributed by atoms with E-state index in [9.17, 15) is 0 Å². The second-order valence-corrected chi connectivity index (χ2v) is 15.1. The molecule has 2 aliphatic heterocycles. The van der Waals surface area contributed by atoms with Gasteiger partial charge in [0, 0.05) is 53.6 Å². The Kier molecular flexibility index (Phi) is 9.32. The van der Waals surface area contributed by atoms with E-state index in [1.54, 1.807) is 18.1 Å². The molecule has 0 spiro atoms. The molecule has 1 aromatic carbocycles. The number of rotatable bonds is 9. The number of benzene rings is 1. The number of aromatic nitrogens is 6. The monoisotopic (exact) mass is 631 g/mol. The summed E-state index contributed by atoms with van der Waals surface area (Å²) in [5.41, 5.74) is 2.93. The number of hydrogen-bond donors (Lipinski definition) is 2. The van der Waals surface area contributed by atoms with Gasteiger partial charge < -0.3 is 24.6 Å². The van der Waals surface area contributed by atoms with Crippen molar-refractivity contribution in [3.63, 3.8) is 0 Å². The Morgan fingerprint density at radius 1 is 0.956 bits per heavy atom. The van der Waals surface area contributed by atoms with Crippen molar-refractivity contribution >= 4 is 40.2 Å². The van der Waals surface area contributed by atoms with Crippen LogP contribution in [0.4, 0.5) is 17.6 Å². The molecular formula is C33H45N9O2S. The number of aryl methyl sites for hydroxylation is 1. The first-order chi connectivity index (χ1) is 21.6. The highest BCUT2D eigenvalue weighted by Gasteiger charge is 2.24. The number of likely N-dealkylation sites (tertiary alicyclic amines) is 1. The molecule has 6 rings (SSSR count). The molecular weight excluding hydrogens is 586 g/mol. The summed E-state index contributed by atoms with van der Waals surface area (Å²) in [4.78, 5) is 24.1. The molecule has 0 amide bonds. The molecule has 2 N–H and O–H groups in total. The van der Waals surface area contributed by atoms with Crippen LogP contribution in [0.25, 0.3) is 10.9 Å². The number of anilines is 3. The number of nitrogens with one attached hydrogen (secondary N) is 2. The van der Waals surface area contributed by atoms with Gasteiger partial charge in [0.15, 0.2) is 11.6 Å². The first-order valence-corrected chi connectivity index (χ1v) is 16.7. The molecule has 12 heteroatoms. The van der Waals surface area contributed by atoms with Gasteiger partial charge in [-0.3, -0.25) is 5.10 Å². The third-order valence-corrected chi connectivity index (χ3v) is 9.71. The van der Waals surface area contributed by atoms with Crippen LogP contribution >= 0.6 is 11.8 Å². The summed E-state index contributed by atoms with van der Waals surface area (Å²) in [7, 11) is 2.16. The predicted molar refractivity (Wildman–Crippen MR) is 180 cm³/mol. The minimum Gasteiger partial charge on any atom is -0.492 e. The van der Waals surface area contributed by atoms with Gasteiger partial charge in [-0.05, 0) is 58.6 Å². The van der Waals surface area contributed by atoms with E-state index in [4.69, 9.17) is 9.47 Å². The smallest absolute Gasteiger partial charge is 0.225 e. The van der Waals surface area contributed by atoms with Crippen LogP contribution in [0.2, 0.25) is 0 Å². The molecule has 5 heterocycles. The number of fused-ring (bicyclic) bond motifs is 1. The maximum atomic E-state index is 6.56. The zero-order chi connectivity index (χ0) is 31.6. The Balaban J connectivity index is 1.09. The number of ether oxygens (including phenoxy) is 2. The van der Waals surface area contributed by atoms with Crippen molar-refractivity contribution in [1.29, 1.82) is 0 Å². The molecule has 240 valence electrons. The molecule has 0 saturated carbocycles. The zero-order valence-corrected chi connectivity index (χ0v) is 28.1. The highest BCUT2D eigenvalue weighted by atomic mass is 32.2. The summed E-state index contributed by atoms with van der Waals surface area (Å²) >= 11 is 1.79. The first-order valence-electron chi connectivity index (χ1n) is 15.9. The van der Waals surface area contributed by atoms with E-state index in [2.05, 4.69) is 85.2 Å². The van der Waals surface area contributed by atoms with E-state index in [0.29, 0.717) is 12.5 Å². The Hall–Kier alpha value is -3.64. The largest absolute Gasteiger partial charge is 0.492 e. The zero-order valence-electron chi connectivity index (χ0n) is 27.3. The van der Waals surface area contributed by atoms with Crippen LogP contribution < -0.4 is 19.7 Å². The standard InChI is InChI=1S/C33H45N9O2S/c1-21-22(2)39-40-30(21)38-31-26-15-29(45-33(3,4)5)28(16-27(26)36-20-37-31)43-19-23-7-13-42(14-8-23)32-34-17-25(18-35-32)44-24-9-11-41(6)12-10-24/h15-18,20,23-24H,7-14,19H2,1-6H3,(H2,36,37,38,39,40). The Morgan fingerprint density at radius 2 is 1.69 bits per heavy atom. The molecule has 0 unspecified atom stereocenters. The van der Waals surface area contributed by atoms with Gasteiger partial charge in [0.25, 0.3) is 0 Å². The van der Waals surface area contributed by atoms with Crippen molar-refractivity contribution < 1.29 is 9.47 Å². The second-order valence-electron chi connectivity index (χ2n) is 13.3. The van der Waals surface area contributed by atoms with Crippen molar-refractivity contribution in [1.82, 2.24) is 35.0 Å². The lowest BCUT2D eigenvalue weighted by atomic mass is 9.98. The van der Waals surface area contributed by atoms with Crippen molar-refractivity contribution in [2.75, 3.05) is 50.1 Å². The van der Waals surface area contributed by atoms with Crippen LogP contribution in [0, 0.1) is 19.8 Å². The molecule has 0 atom stereocenters. The maximum absolute atomic E-state index is 6.56. The van der Waals surface area contributed by atoms with Crippen LogP contribution in [0.5, 0.6) is 11.5 Å². The van der Waals surface area contributed by atoms with E-state index >= 15 is 0 Å². The predicted octanol–water partition coefficient (Wildman–Crippen LogP) is 6.16. The number of hydrogen-bond acceptors (Lipinski definition) is 11. The highest BCUT2D eigenvalue weighted by Crippen LogP contribution is 2.41. The fraction of sp³-hybridized carbons (Fsp3) is 0.545. The van der Waals surface area contributed by atoms with E-state index < -0.39 is 0 Å². The number of nitrogens with zero attached hydrogens (tertiary/aromatic N) is 7. The van der Waals surface area contributed by atoms with Crippen LogP contribution in [0.15, 0.2) is 35.7 Å². The normalized spacial score (nSPS) is 17.2. The van der Waals surface area contributed by atoms with Gasteiger partial charge in [-0.15, -0.1) is 11.8 Å². The topological polar surface area (TPSA) is 117 Å². The van der Waals surface area contributed by atoms with Crippen LogP contribution in [-0.4, -0.2) is 85.7 Å². The van der Waals surface area contributed by atoms with Crippen LogP contribution in [0.3, 0.4) is 0 Å². The molecule has 2 saturated heterocycles. The van der Waals surface area contributed by atoms with Gasteiger partial charge >= 0.3 is 0 Å². The van der Waals surface area contributed by atoms with Crippen LogP contribution in [0.1, 0.15) is 57.7 Å². The van der Waals surface area contributed by atoms with E-state index in [1.807, 2.05) is 26.2 Å². The molecule has 11 nitrogen and oxygen atoms in total. The quantitative estimate of drug-likeness (QED) is 0.207. The lowest BCUT2D eigenvalue weighted by Crippen LogP contribution is -2.37. The average molecular weight is 632 g/mol. The van der Waals surface area contributed by atoms with Crippen LogP contribution in [-0.2, 0) is 0 Å². The molecule has 0 bridgehead atoms. The summed E-state index contributed by atoms with van der Waals surface area (Å²) in [6.45, 7) is 15.3. The molecule has 0 radical (unpaired) electrons. The van der Waals surface area contributed by atoms with Crippen molar-refractivity contribution in [3.8, 4) is 11.5 Å². The number of piperidine rings is 2. The SMILES string of the molecule is Cc1[nH]nc(Nc2ncnc3cc(OCC4CCN(c5ncc(OC6CCN(C)CC6)cn5)CC4)c(SC(C)(C)C)cc23)c1C. The lowest BCUT2D eigenvalue weighted by molar-refractivity contribution is 0.113. The minimum absolute atomic E-state index is 0.00392. The molecule has 0 aliphatic carbocycles. The fourth-order valence-electron chi connectivity index (χ4n) is 5.74. The number of H-pyrrole nitrogens is 1. The Bertz CT molecular complexity index is 1590. The Labute approximate surface area is 269 Å². The third kappa shape index (κ3) is 7.78. The molecule has 45 heavy (non-hydrogen) atoms. The van der Waals surface area contributed by atoms with Gasteiger partial charge in [-0.1, -0.05) is 20.8 Å². The van der Waals surface area contributed by atoms with Gasteiger partial charge in [-0.2, -0.15) is 5.10 Å². The molecule has 3 aromatic heterocycles. The van der Waals surface area contributed by atoms with Gasteiger partial charge in [0.2, 0.25) is 5.95 Å². The minimum atomic E-state index is 0.00392. The molecule has 2 fully saturated rings. The van der Waals surface area contributed by atoms with E-state index in [-0.39, 0.29) is 10.9 Å². The Morgan fingerprint density at radius 3 is 2.36 bits per heavy atom. The van der Waals surface area contributed by atoms with E-state index in [0.717, 1.165) is 108 Å². The van der Waals surface area contributed by atoms with Crippen molar-refractivity contribution in [2.45, 2.75) is 76.0 Å². The lowest BCUT2D eigenvalue weighted by Gasteiger charge is -2.32. The first kappa shape index (κ1) is 31.3. The summed E-state index contributed by atoms with van der Waals surface area (Å²) in [6, 6.07) is 4.20. The number of thioether (sulfide) groups is 1. The maximum Gasteiger partial charge on any atom is 0.225 e. The third-order valence-electron chi connectivity index (χ3n) is 8.56. The van der Waals surface area contributed by atoms with Gasteiger partial charge in [0.1, 0.15) is 24.0 Å². The summed E-state index contributed by atoms with van der Waals surface area (Å²) in [5, 5.41) is 11.8. The molecule has 4 aromatic rings. The summed E-state index contributed by atoms with van der Waals surface area (Å²) < 4.78 is 12.7. The van der Waals surface area contributed by atoms with Gasteiger partial charge in [0.05, 0.1) is 29.4 Å². The summed E-state index contributed by atoms with van der Waals surface area (Å²) in [5.74, 6) is 4.34. The van der Waals surface area contributed by atoms with E-state index in [1.165, 1.54) is 0 Å². The highest BCUT2D eigenvalue weighted by molar-refractivity contribution is 8.00. The molecule has 2 aliphatic rings. The average Bonchev–Trinajstić information content (AvgIpc) is 3.33. The van der Waals surface area contributed by atoms with Gasteiger partial charge in [-0.25, -0.2) is 19.9 Å². The fourth-order valence-corrected chi connectivity index (χ4v) is 6.80. The number of aromatic amines is 1. The summed E-state index contributed by atoms with van der Waals surface area (Å²) in [6.07, 6.45) is 9.61. The second kappa shape index (κ2) is 13.4. The van der Waals surface area contributed by atoms with Crippen molar-refractivity contribution in [2.24, 2.45) is 5.92 Å². The van der Waals surface area contributed by atoms with Crippen molar-refractivity contribution in [3.05, 3.63) is 42.1 Å².